The molecule has 1 unspecified atom stereocenters. The Hall–Kier alpha value is -3.21. The van der Waals surface area contributed by atoms with Gasteiger partial charge >= 0.3 is 0 Å². The Morgan fingerprint density at radius 3 is 2.49 bits per heavy atom. The van der Waals surface area contributed by atoms with Gasteiger partial charge in [-0.15, -0.1) is 0 Å². The zero-order valence-corrected chi connectivity index (χ0v) is 19.7. The predicted octanol–water partition coefficient (Wildman–Crippen LogP) is 3.40. The van der Waals surface area contributed by atoms with Gasteiger partial charge in [0.15, 0.2) is 12.1 Å². The second-order valence-corrected chi connectivity index (χ2v) is 9.26. The van der Waals surface area contributed by atoms with Crippen molar-refractivity contribution in [2.24, 2.45) is 0 Å². The van der Waals surface area contributed by atoms with Crippen LogP contribution in [0.25, 0.3) is 33.3 Å². The Balaban J connectivity index is 1.72. The first-order chi connectivity index (χ1) is 16.7. The summed E-state index contributed by atoms with van der Waals surface area (Å²) in [6.07, 6.45) is 1.36. The fraction of sp³-hybridized carbons (Fsp3) is 0.400. The molecule has 10 heteroatoms. The largest absolute Gasteiger partial charge is 0.368 e. The van der Waals surface area contributed by atoms with Crippen LogP contribution < -0.4 is 10.9 Å². The van der Waals surface area contributed by atoms with E-state index in [1.807, 2.05) is 0 Å². The van der Waals surface area contributed by atoms with E-state index >= 15 is 8.78 Å². The van der Waals surface area contributed by atoms with Crippen molar-refractivity contribution in [1.82, 2.24) is 24.6 Å². The van der Waals surface area contributed by atoms with E-state index < -0.39 is 24.1 Å². The van der Waals surface area contributed by atoms with Crippen molar-refractivity contribution >= 4 is 10.9 Å². The molecule has 0 bridgehead atoms. The molecule has 2 aromatic rings. The molecular formula is C25H27F2N5O3. The lowest BCUT2D eigenvalue weighted by atomic mass is 9.99. The maximum Gasteiger partial charge on any atom is 0.279 e. The Labute approximate surface area is 200 Å². The number of aromatic nitrogens is 4. The minimum absolute atomic E-state index is 0.0277. The molecule has 1 aromatic heterocycles. The van der Waals surface area contributed by atoms with E-state index in [1.165, 1.54) is 10.7 Å². The van der Waals surface area contributed by atoms with E-state index in [1.54, 1.807) is 43.7 Å². The van der Waals surface area contributed by atoms with Crippen LogP contribution in [0.15, 0.2) is 29.2 Å². The van der Waals surface area contributed by atoms with E-state index in [0.717, 1.165) is 12.8 Å². The fourth-order valence-electron chi connectivity index (χ4n) is 4.65. The quantitative estimate of drug-likeness (QED) is 0.348. The normalized spacial score (nSPS) is 15.0. The molecule has 2 aliphatic heterocycles. The molecule has 8 nitrogen and oxygen atoms in total. The number of nitrogens with zero attached hydrogens (tertiary/aromatic N) is 4. The van der Waals surface area contributed by atoms with Gasteiger partial charge in [-0.1, -0.05) is 0 Å². The van der Waals surface area contributed by atoms with Crippen LogP contribution in [-0.4, -0.2) is 42.4 Å². The highest BCUT2D eigenvalue weighted by atomic mass is 19.1. The number of aliphatic hydroxyl groups is 2. The Morgan fingerprint density at radius 1 is 1.17 bits per heavy atom. The fourth-order valence-corrected chi connectivity index (χ4v) is 4.65. The highest BCUT2D eigenvalue weighted by Gasteiger charge is 2.32. The third-order valence-electron chi connectivity index (χ3n) is 6.39. The molecule has 0 saturated heterocycles. The van der Waals surface area contributed by atoms with Gasteiger partial charge in [0, 0.05) is 42.0 Å². The van der Waals surface area contributed by atoms with Crippen molar-refractivity contribution in [2.75, 3.05) is 6.54 Å². The molecule has 0 spiro atoms. The van der Waals surface area contributed by atoms with Gasteiger partial charge in [-0.3, -0.25) is 15.1 Å². The number of nitrogens with one attached hydrogen (secondary N) is 1. The summed E-state index contributed by atoms with van der Waals surface area (Å²) in [5.41, 5.74) is 1.95. The van der Waals surface area contributed by atoms with Gasteiger partial charge in [-0.25, -0.2) is 13.5 Å². The molecule has 0 amide bonds. The summed E-state index contributed by atoms with van der Waals surface area (Å²) in [6.45, 7) is 5.51. The van der Waals surface area contributed by atoms with Crippen molar-refractivity contribution in [1.29, 1.82) is 0 Å². The number of aliphatic hydroxyl groups excluding tert-OH is 1. The van der Waals surface area contributed by atoms with E-state index in [2.05, 4.69) is 15.4 Å². The number of fused-ring (bicyclic) bond motifs is 3. The number of hydrogen-bond acceptors (Lipinski definition) is 6. The lowest BCUT2D eigenvalue weighted by molar-refractivity contribution is -0.0450. The van der Waals surface area contributed by atoms with Crippen LogP contribution in [0.4, 0.5) is 8.78 Å². The monoisotopic (exact) mass is 483 g/mol. The summed E-state index contributed by atoms with van der Waals surface area (Å²) in [5.74, 6) is -1.43. The maximum absolute atomic E-state index is 16.1. The predicted molar refractivity (Wildman–Crippen MR) is 127 cm³/mol. The van der Waals surface area contributed by atoms with Crippen molar-refractivity contribution in [2.45, 2.75) is 58.5 Å². The van der Waals surface area contributed by atoms with Crippen LogP contribution in [0, 0.1) is 25.5 Å². The van der Waals surface area contributed by atoms with E-state index in [-0.39, 0.29) is 52.3 Å². The van der Waals surface area contributed by atoms with Crippen LogP contribution in [-0.2, 0) is 0 Å². The van der Waals surface area contributed by atoms with Crippen LogP contribution in [0.1, 0.15) is 49.8 Å². The van der Waals surface area contributed by atoms with Gasteiger partial charge in [0.25, 0.3) is 5.56 Å². The summed E-state index contributed by atoms with van der Waals surface area (Å²) in [5, 5.41) is 25.8. The van der Waals surface area contributed by atoms with Crippen LogP contribution >= 0.6 is 0 Å². The number of benzene rings is 1. The van der Waals surface area contributed by atoms with Gasteiger partial charge in [0.1, 0.15) is 17.7 Å². The molecule has 0 radical (unpaired) electrons. The second kappa shape index (κ2) is 8.78. The minimum atomic E-state index is -1.47. The van der Waals surface area contributed by atoms with Gasteiger partial charge in [-0.2, -0.15) is 5.10 Å². The molecule has 1 atom stereocenters. The number of halogens is 2. The molecule has 3 aliphatic rings. The third-order valence-corrected chi connectivity index (χ3v) is 6.39. The van der Waals surface area contributed by atoms with E-state index in [0.29, 0.717) is 17.0 Å². The third kappa shape index (κ3) is 4.22. The first-order valence-corrected chi connectivity index (χ1v) is 11.7. The minimum Gasteiger partial charge on any atom is -0.368 e. The Kier molecular flexibility index (Phi) is 5.90. The molecule has 35 heavy (non-hydrogen) atoms. The Morgan fingerprint density at radius 2 is 1.86 bits per heavy atom. The first-order valence-electron chi connectivity index (χ1n) is 11.7. The smallest absolute Gasteiger partial charge is 0.279 e. The molecule has 5 rings (SSSR count). The molecule has 3 N–H and O–H groups in total. The van der Waals surface area contributed by atoms with Crippen molar-refractivity contribution < 1.29 is 19.0 Å². The summed E-state index contributed by atoms with van der Waals surface area (Å²) in [4.78, 5) is 17.5. The average molecular weight is 484 g/mol. The van der Waals surface area contributed by atoms with E-state index in [4.69, 9.17) is 10.2 Å². The zero-order chi connectivity index (χ0) is 25.0. The summed E-state index contributed by atoms with van der Waals surface area (Å²) >= 11 is 0. The average Bonchev–Trinajstić information content (AvgIpc) is 3.56. The molecular weight excluding hydrogens is 456 g/mol. The number of aryl methyl sites for hydroxylation is 2. The van der Waals surface area contributed by atoms with Crippen molar-refractivity contribution in [3.05, 3.63) is 57.8 Å². The number of rotatable bonds is 7. The molecule has 1 aromatic carbocycles. The number of pyridine rings is 2. The summed E-state index contributed by atoms with van der Waals surface area (Å²) in [6, 6.07) is 4.60. The summed E-state index contributed by atoms with van der Waals surface area (Å²) in [7, 11) is 0. The SMILES string of the molecule is Cc1cc(-c2c(F)cc3c4nn(C(C)NCCC(O)O)c(=O)c-4cn(C4CC4)c3c2F)cc(C)n1. The lowest BCUT2D eigenvalue weighted by Gasteiger charge is -2.17. The van der Waals surface area contributed by atoms with Gasteiger partial charge in [0.05, 0.1) is 16.6 Å². The van der Waals surface area contributed by atoms with Crippen LogP contribution in [0.5, 0.6) is 0 Å². The highest BCUT2D eigenvalue weighted by Crippen LogP contribution is 2.43. The summed E-state index contributed by atoms with van der Waals surface area (Å²) < 4.78 is 34.5. The van der Waals surface area contributed by atoms with Crippen LogP contribution in [0.3, 0.4) is 0 Å². The second-order valence-electron chi connectivity index (χ2n) is 9.26. The van der Waals surface area contributed by atoms with Crippen LogP contribution in [0.2, 0.25) is 0 Å². The maximum atomic E-state index is 16.1. The molecule has 3 heterocycles. The van der Waals surface area contributed by atoms with Crippen molar-refractivity contribution in [3.63, 3.8) is 0 Å². The highest BCUT2D eigenvalue weighted by molar-refractivity contribution is 5.97. The standard InChI is InChI=1S/C25H27F2N5O3/c1-12-8-15(9-13(2)29-12)21-19(26)10-17-23-18(11-31(16-4-5-16)24(17)22(21)27)25(35)32(30-23)14(3)28-7-6-20(33)34/h8-11,14,16,20,28,33-34H,4-7H2,1-3H3. The van der Waals surface area contributed by atoms with E-state index in [9.17, 15) is 4.79 Å². The van der Waals surface area contributed by atoms with Gasteiger partial charge in [0.2, 0.25) is 0 Å². The van der Waals surface area contributed by atoms with Gasteiger partial charge < -0.3 is 14.8 Å². The lowest BCUT2D eigenvalue weighted by Crippen LogP contribution is -2.33. The Bertz CT molecular complexity index is 1440. The topological polar surface area (TPSA) is 105 Å². The molecule has 1 aliphatic carbocycles. The zero-order valence-electron chi connectivity index (χ0n) is 19.7. The number of hydrogen-bond donors (Lipinski definition) is 3. The van der Waals surface area contributed by atoms with Crippen molar-refractivity contribution in [3.8, 4) is 22.4 Å². The molecule has 1 fully saturated rings. The molecule has 184 valence electrons. The first kappa shape index (κ1) is 23.5. The molecule has 1 saturated carbocycles. The van der Waals surface area contributed by atoms with Gasteiger partial charge in [-0.05, 0) is 57.4 Å².